The van der Waals surface area contributed by atoms with Gasteiger partial charge >= 0.3 is 5.97 Å². The van der Waals surface area contributed by atoms with Crippen LogP contribution in [0, 0.1) is 12.8 Å². The van der Waals surface area contributed by atoms with E-state index in [1.165, 1.54) is 0 Å². The third-order valence-electron chi connectivity index (χ3n) is 6.82. The molecule has 1 fully saturated rings. The van der Waals surface area contributed by atoms with Crippen molar-refractivity contribution < 1.29 is 9.53 Å². The number of aromatic nitrogens is 5. The Morgan fingerprint density at radius 1 is 1.14 bits per heavy atom. The molecule has 1 aliphatic rings. The number of aryl methyl sites for hydroxylation is 1. The van der Waals surface area contributed by atoms with Gasteiger partial charge in [-0.3, -0.25) is 14.5 Å². The highest BCUT2D eigenvalue weighted by molar-refractivity contribution is 5.79. The summed E-state index contributed by atoms with van der Waals surface area (Å²) in [5.74, 6) is 0.312. The van der Waals surface area contributed by atoms with Gasteiger partial charge in [0.25, 0.3) is 5.56 Å². The van der Waals surface area contributed by atoms with Crippen LogP contribution >= 0.6 is 0 Å². The zero-order chi connectivity index (χ0) is 25.1. The number of carbonyl (C=O) groups is 1. The maximum absolute atomic E-state index is 13.4. The highest BCUT2D eigenvalue weighted by Gasteiger charge is 2.35. The Morgan fingerprint density at radius 3 is 2.67 bits per heavy atom. The van der Waals surface area contributed by atoms with Gasteiger partial charge in [-0.1, -0.05) is 42.0 Å². The van der Waals surface area contributed by atoms with E-state index in [0.29, 0.717) is 50.5 Å². The lowest BCUT2D eigenvalue weighted by Gasteiger charge is -2.36. The van der Waals surface area contributed by atoms with Crippen molar-refractivity contribution in [2.45, 2.75) is 39.3 Å². The molecule has 1 N–H and O–H groups in total. The summed E-state index contributed by atoms with van der Waals surface area (Å²) in [6, 6.07) is 17.4. The van der Waals surface area contributed by atoms with Gasteiger partial charge < -0.3 is 9.72 Å². The standard InChI is InChI=1S/C27H30N6O3/c1-3-36-27(35)20-11-13-32(14-12-20)24(22-16-21-15-18(2)9-10-23(21)28-26(22)34)25-29-30-31-33(25)17-19-7-5-4-6-8-19/h4-10,15-16,20,24H,3,11-14,17H2,1-2H3,(H,28,34)/t24-/m0/s1. The monoisotopic (exact) mass is 486 g/mol. The predicted octanol–water partition coefficient (Wildman–Crippen LogP) is 3.24. The lowest BCUT2D eigenvalue weighted by atomic mass is 9.93. The lowest BCUT2D eigenvalue weighted by molar-refractivity contribution is -0.149. The van der Waals surface area contributed by atoms with Crippen molar-refractivity contribution in [2.75, 3.05) is 19.7 Å². The van der Waals surface area contributed by atoms with Gasteiger partial charge in [-0.15, -0.1) is 5.10 Å². The average molecular weight is 487 g/mol. The maximum atomic E-state index is 13.4. The van der Waals surface area contributed by atoms with Crippen LogP contribution in [-0.2, 0) is 16.1 Å². The van der Waals surface area contributed by atoms with Crippen LogP contribution in [0.4, 0.5) is 0 Å². The molecule has 2 aromatic carbocycles. The summed E-state index contributed by atoms with van der Waals surface area (Å²) in [4.78, 5) is 31.0. The van der Waals surface area contributed by atoms with Gasteiger partial charge in [0.15, 0.2) is 5.82 Å². The molecule has 0 aliphatic carbocycles. The summed E-state index contributed by atoms with van der Waals surface area (Å²) < 4.78 is 7.01. The first-order valence-corrected chi connectivity index (χ1v) is 12.4. The minimum absolute atomic E-state index is 0.139. The molecule has 0 radical (unpaired) electrons. The number of H-pyrrole nitrogens is 1. The number of likely N-dealkylation sites (tertiary alicyclic amines) is 1. The van der Waals surface area contributed by atoms with Crippen LogP contribution in [0.1, 0.15) is 48.3 Å². The van der Waals surface area contributed by atoms with Gasteiger partial charge in [0.05, 0.1) is 19.1 Å². The number of rotatable bonds is 7. The Morgan fingerprint density at radius 2 is 1.92 bits per heavy atom. The maximum Gasteiger partial charge on any atom is 0.309 e. The Hall–Kier alpha value is -3.85. The molecule has 0 unspecified atom stereocenters. The van der Waals surface area contributed by atoms with Gasteiger partial charge in [-0.2, -0.15) is 0 Å². The van der Waals surface area contributed by atoms with E-state index in [0.717, 1.165) is 22.0 Å². The molecule has 1 aliphatic heterocycles. The topological polar surface area (TPSA) is 106 Å². The fourth-order valence-corrected chi connectivity index (χ4v) is 4.97. The van der Waals surface area contributed by atoms with Crippen molar-refractivity contribution in [3.63, 3.8) is 0 Å². The number of hydrogen-bond donors (Lipinski definition) is 1. The fourth-order valence-electron chi connectivity index (χ4n) is 4.97. The van der Waals surface area contributed by atoms with Crippen LogP contribution < -0.4 is 5.56 Å². The second-order valence-electron chi connectivity index (χ2n) is 9.29. The summed E-state index contributed by atoms with van der Waals surface area (Å²) in [6.45, 7) is 5.96. The molecule has 0 spiro atoms. The third-order valence-corrected chi connectivity index (χ3v) is 6.82. The largest absolute Gasteiger partial charge is 0.466 e. The zero-order valence-electron chi connectivity index (χ0n) is 20.6. The van der Waals surface area contributed by atoms with Crippen LogP contribution in [0.25, 0.3) is 10.9 Å². The molecule has 36 heavy (non-hydrogen) atoms. The number of esters is 1. The summed E-state index contributed by atoms with van der Waals surface area (Å²) >= 11 is 0. The normalized spacial score (nSPS) is 15.7. The quantitative estimate of drug-likeness (QED) is 0.400. The second-order valence-corrected chi connectivity index (χ2v) is 9.29. The van der Waals surface area contributed by atoms with Crippen LogP contribution in [0.2, 0.25) is 0 Å². The first-order chi connectivity index (χ1) is 17.5. The molecule has 5 rings (SSSR count). The number of benzene rings is 2. The van der Waals surface area contributed by atoms with Crippen LogP contribution in [0.5, 0.6) is 0 Å². The predicted molar refractivity (Wildman–Crippen MR) is 135 cm³/mol. The number of carbonyl (C=O) groups excluding carboxylic acids is 1. The highest BCUT2D eigenvalue weighted by Crippen LogP contribution is 2.31. The summed E-state index contributed by atoms with van der Waals surface area (Å²) in [6.07, 6.45) is 1.31. The minimum atomic E-state index is -0.458. The van der Waals surface area contributed by atoms with Crippen molar-refractivity contribution >= 4 is 16.9 Å². The van der Waals surface area contributed by atoms with E-state index in [4.69, 9.17) is 4.74 Å². The number of aromatic amines is 1. The summed E-state index contributed by atoms with van der Waals surface area (Å²) in [7, 11) is 0. The molecular weight excluding hydrogens is 456 g/mol. The number of pyridine rings is 1. The van der Waals surface area contributed by atoms with Crippen molar-refractivity contribution in [3.05, 3.63) is 87.5 Å². The number of nitrogens with one attached hydrogen (secondary N) is 1. The molecule has 0 amide bonds. The lowest BCUT2D eigenvalue weighted by Crippen LogP contribution is -2.42. The number of ether oxygens (including phenoxy) is 1. The zero-order valence-corrected chi connectivity index (χ0v) is 20.6. The van der Waals surface area contributed by atoms with E-state index in [9.17, 15) is 9.59 Å². The number of nitrogens with zero attached hydrogens (tertiary/aromatic N) is 5. The van der Waals surface area contributed by atoms with E-state index < -0.39 is 6.04 Å². The molecule has 9 heteroatoms. The molecular formula is C27H30N6O3. The smallest absolute Gasteiger partial charge is 0.309 e. The molecule has 0 bridgehead atoms. The molecule has 0 saturated carbocycles. The van der Waals surface area contributed by atoms with Crippen molar-refractivity contribution in [1.29, 1.82) is 0 Å². The molecule has 186 valence electrons. The number of hydrogen-bond acceptors (Lipinski definition) is 7. The van der Waals surface area contributed by atoms with E-state index in [1.54, 1.807) is 4.68 Å². The van der Waals surface area contributed by atoms with Gasteiger partial charge in [0, 0.05) is 24.2 Å². The Balaban J connectivity index is 1.55. The van der Waals surface area contributed by atoms with E-state index >= 15 is 0 Å². The minimum Gasteiger partial charge on any atom is -0.466 e. The van der Waals surface area contributed by atoms with Gasteiger partial charge in [-0.05, 0) is 66.3 Å². The van der Waals surface area contributed by atoms with Crippen molar-refractivity contribution in [1.82, 2.24) is 30.1 Å². The van der Waals surface area contributed by atoms with Gasteiger partial charge in [0.2, 0.25) is 0 Å². The van der Waals surface area contributed by atoms with E-state index in [2.05, 4.69) is 31.5 Å². The molecule has 3 heterocycles. The van der Waals surface area contributed by atoms with Crippen LogP contribution in [-0.4, -0.2) is 55.8 Å². The summed E-state index contributed by atoms with van der Waals surface area (Å²) in [5, 5.41) is 13.6. The van der Waals surface area contributed by atoms with Crippen LogP contribution in [0.15, 0.2) is 59.4 Å². The number of piperidine rings is 1. The molecule has 1 saturated heterocycles. The van der Waals surface area contributed by atoms with E-state index in [-0.39, 0.29) is 17.4 Å². The first kappa shape index (κ1) is 23.9. The van der Waals surface area contributed by atoms with Gasteiger partial charge in [-0.25, -0.2) is 4.68 Å². The second kappa shape index (κ2) is 10.4. The Bertz CT molecular complexity index is 1410. The van der Waals surface area contributed by atoms with Crippen molar-refractivity contribution in [3.8, 4) is 0 Å². The van der Waals surface area contributed by atoms with E-state index in [1.807, 2.05) is 62.4 Å². The Labute approximate surface area is 209 Å². The van der Waals surface area contributed by atoms with Crippen molar-refractivity contribution in [2.24, 2.45) is 5.92 Å². The number of tetrazole rings is 1. The molecule has 9 nitrogen and oxygen atoms in total. The highest BCUT2D eigenvalue weighted by atomic mass is 16.5. The first-order valence-electron chi connectivity index (χ1n) is 12.4. The molecule has 2 aromatic heterocycles. The van der Waals surface area contributed by atoms with Gasteiger partial charge in [0.1, 0.15) is 6.04 Å². The number of fused-ring (bicyclic) bond motifs is 1. The molecule has 4 aromatic rings. The van der Waals surface area contributed by atoms with Crippen LogP contribution in [0.3, 0.4) is 0 Å². The SMILES string of the molecule is CCOC(=O)C1CCN([C@@H](c2cc3cc(C)ccc3[nH]c2=O)c2nnnn2Cc2ccccc2)CC1. The molecule has 1 atom stereocenters. The summed E-state index contributed by atoms with van der Waals surface area (Å²) in [5.41, 5.74) is 3.39. The fraction of sp³-hybridized carbons (Fsp3) is 0.370. The third kappa shape index (κ3) is 4.92. The average Bonchev–Trinajstić information content (AvgIpc) is 3.33. The Kier molecular flexibility index (Phi) is 6.90.